The lowest BCUT2D eigenvalue weighted by atomic mass is 9.92. The first kappa shape index (κ1) is 16.6. The highest BCUT2D eigenvalue weighted by Crippen LogP contribution is 2.28. The van der Waals surface area contributed by atoms with E-state index in [9.17, 15) is 8.42 Å². The molecule has 1 saturated heterocycles. The van der Waals surface area contributed by atoms with Crippen LogP contribution in [0.15, 0.2) is 23.1 Å². The van der Waals surface area contributed by atoms with Crippen molar-refractivity contribution >= 4 is 10.0 Å². The Morgan fingerprint density at radius 2 is 1.50 bits per heavy atom. The largest absolute Gasteiger partial charge is 0.298 e. The molecule has 0 spiro atoms. The molecule has 0 unspecified atom stereocenters. The molecule has 4 rings (SSSR count). The molecule has 3 aliphatic rings. The van der Waals surface area contributed by atoms with Gasteiger partial charge in [0.25, 0.3) is 0 Å². The Hall–Kier alpha value is -0.910. The van der Waals surface area contributed by atoms with Crippen molar-refractivity contribution in [3.8, 4) is 0 Å². The molecule has 2 fully saturated rings. The molecule has 24 heavy (non-hydrogen) atoms. The maximum atomic E-state index is 13.0. The van der Waals surface area contributed by atoms with Crippen LogP contribution in [0.4, 0.5) is 0 Å². The molecule has 2 aliphatic carbocycles. The predicted molar refractivity (Wildman–Crippen MR) is 95.7 cm³/mol. The number of aryl methyl sites for hydroxylation is 2. The van der Waals surface area contributed by atoms with Crippen molar-refractivity contribution in [1.82, 2.24) is 9.21 Å². The first-order valence-electron chi connectivity index (χ1n) is 9.50. The molecule has 0 amide bonds. The van der Waals surface area contributed by atoms with Crippen LogP contribution in [-0.2, 0) is 22.9 Å². The highest BCUT2D eigenvalue weighted by atomic mass is 32.2. The van der Waals surface area contributed by atoms with Crippen molar-refractivity contribution in [1.29, 1.82) is 0 Å². The summed E-state index contributed by atoms with van der Waals surface area (Å²) in [6.45, 7) is 3.04. The third-order valence-corrected chi connectivity index (χ3v) is 7.97. The van der Waals surface area contributed by atoms with Crippen LogP contribution in [0.1, 0.15) is 49.7 Å². The van der Waals surface area contributed by atoms with Gasteiger partial charge in [-0.05, 0) is 61.8 Å². The lowest BCUT2D eigenvalue weighted by Crippen LogP contribution is -2.51. The number of rotatable bonds is 3. The highest BCUT2D eigenvalue weighted by Gasteiger charge is 2.32. The molecule has 0 radical (unpaired) electrons. The number of fused-ring (bicyclic) bond motifs is 1. The van der Waals surface area contributed by atoms with E-state index in [0.717, 1.165) is 25.9 Å². The van der Waals surface area contributed by atoms with E-state index in [1.807, 2.05) is 18.2 Å². The van der Waals surface area contributed by atoms with Crippen LogP contribution in [0.3, 0.4) is 0 Å². The van der Waals surface area contributed by atoms with Gasteiger partial charge in [0.15, 0.2) is 0 Å². The van der Waals surface area contributed by atoms with Crippen LogP contribution in [0.5, 0.6) is 0 Å². The van der Waals surface area contributed by atoms with Crippen molar-refractivity contribution in [2.75, 3.05) is 26.2 Å². The molecule has 1 heterocycles. The summed E-state index contributed by atoms with van der Waals surface area (Å²) in [5, 5.41) is 0. The SMILES string of the molecule is O=S(=O)(c1ccc2c(c1)CCCC2)N1CCN(C2CCCC2)CC1. The van der Waals surface area contributed by atoms with Gasteiger partial charge >= 0.3 is 0 Å². The summed E-state index contributed by atoms with van der Waals surface area (Å²) >= 11 is 0. The number of hydrogen-bond donors (Lipinski definition) is 0. The Bertz CT molecular complexity index is 687. The predicted octanol–water partition coefficient (Wildman–Crippen LogP) is 2.81. The lowest BCUT2D eigenvalue weighted by Gasteiger charge is -2.37. The van der Waals surface area contributed by atoms with Crippen LogP contribution >= 0.6 is 0 Å². The average molecular weight is 349 g/mol. The number of hydrogen-bond acceptors (Lipinski definition) is 3. The van der Waals surface area contributed by atoms with Crippen LogP contribution < -0.4 is 0 Å². The van der Waals surface area contributed by atoms with Gasteiger partial charge < -0.3 is 0 Å². The fourth-order valence-corrected chi connectivity index (χ4v) is 6.07. The normalized spacial score (nSPS) is 24.2. The van der Waals surface area contributed by atoms with Crippen LogP contribution in [0, 0.1) is 0 Å². The highest BCUT2D eigenvalue weighted by molar-refractivity contribution is 7.89. The van der Waals surface area contributed by atoms with Crippen molar-refractivity contribution in [3.63, 3.8) is 0 Å². The monoisotopic (exact) mass is 348 g/mol. The van der Waals surface area contributed by atoms with Crippen LogP contribution in [-0.4, -0.2) is 49.8 Å². The zero-order valence-corrected chi connectivity index (χ0v) is 15.2. The van der Waals surface area contributed by atoms with Gasteiger partial charge in [-0.2, -0.15) is 4.31 Å². The summed E-state index contributed by atoms with van der Waals surface area (Å²) in [5.41, 5.74) is 2.58. The third kappa shape index (κ3) is 3.14. The molecule has 0 atom stereocenters. The maximum Gasteiger partial charge on any atom is 0.243 e. The molecular weight excluding hydrogens is 320 g/mol. The van der Waals surface area contributed by atoms with E-state index in [2.05, 4.69) is 4.90 Å². The van der Waals surface area contributed by atoms with Crippen LogP contribution in [0.2, 0.25) is 0 Å². The minimum atomic E-state index is -3.34. The van der Waals surface area contributed by atoms with Crippen molar-refractivity contribution < 1.29 is 8.42 Å². The van der Waals surface area contributed by atoms with E-state index in [0.29, 0.717) is 24.0 Å². The average Bonchev–Trinajstić information content (AvgIpc) is 3.16. The standard InChI is InChI=1S/C19H28N2O2S/c22-24(23,19-10-9-16-5-1-2-6-17(16)15-19)21-13-11-20(12-14-21)18-7-3-4-8-18/h9-10,15,18H,1-8,11-14H2. The van der Waals surface area contributed by atoms with Crippen molar-refractivity contribution in [3.05, 3.63) is 29.3 Å². The van der Waals surface area contributed by atoms with Crippen molar-refractivity contribution in [2.24, 2.45) is 0 Å². The second-order valence-corrected chi connectivity index (χ2v) is 9.45. The minimum Gasteiger partial charge on any atom is -0.298 e. The van der Waals surface area contributed by atoms with Gasteiger partial charge in [-0.15, -0.1) is 0 Å². The zero-order chi connectivity index (χ0) is 16.6. The summed E-state index contributed by atoms with van der Waals surface area (Å²) in [6.07, 6.45) is 9.76. The van der Waals surface area contributed by atoms with E-state index in [1.54, 1.807) is 4.31 Å². The summed E-state index contributed by atoms with van der Waals surface area (Å²) in [6, 6.07) is 6.49. The van der Waals surface area contributed by atoms with Crippen LogP contribution in [0.25, 0.3) is 0 Å². The van der Waals surface area contributed by atoms with Gasteiger partial charge in [0, 0.05) is 32.2 Å². The Morgan fingerprint density at radius 1 is 0.833 bits per heavy atom. The molecule has 4 nitrogen and oxygen atoms in total. The second-order valence-electron chi connectivity index (χ2n) is 7.52. The quantitative estimate of drug-likeness (QED) is 0.843. The number of sulfonamides is 1. The van der Waals surface area contributed by atoms with E-state index < -0.39 is 10.0 Å². The Balaban J connectivity index is 1.47. The first-order valence-corrected chi connectivity index (χ1v) is 10.9. The van der Waals surface area contributed by atoms with Crippen molar-refractivity contribution in [2.45, 2.75) is 62.3 Å². The van der Waals surface area contributed by atoms with Gasteiger partial charge in [-0.25, -0.2) is 8.42 Å². The molecule has 1 aromatic rings. The Kier molecular flexibility index (Phi) is 4.67. The number of nitrogens with zero attached hydrogens (tertiary/aromatic N) is 2. The fraction of sp³-hybridized carbons (Fsp3) is 0.684. The number of piperazine rings is 1. The van der Waals surface area contributed by atoms with E-state index in [1.165, 1.54) is 49.7 Å². The smallest absolute Gasteiger partial charge is 0.243 e. The summed E-state index contributed by atoms with van der Waals surface area (Å²) in [5.74, 6) is 0. The van der Waals surface area contributed by atoms with Gasteiger partial charge in [0.1, 0.15) is 0 Å². The summed E-state index contributed by atoms with van der Waals surface area (Å²) in [4.78, 5) is 3.00. The van der Waals surface area contributed by atoms with Gasteiger partial charge in [-0.1, -0.05) is 18.9 Å². The molecule has 0 N–H and O–H groups in total. The van der Waals surface area contributed by atoms with Gasteiger partial charge in [0.2, 0.25) is 10.0 Å². The molecule has 0 aromatic heterocycles. The number of benzene rings is 1. The molecule has 132 valence electrons. The Morgan fingerprint density at radius 3 is 2.21 bits per heavy atom. The molecular formula is C19H28N2O2S. The molecule has 1 aromatic carbocycles. The first-order chi connectivity index (χ1) is 11.6. The van der Waals surface area contributed by atoms with Gasteiger partial charge in [0.05, 0.1) is 4.90 Å². The van der Waals surface area contributed by atoms with Gasteiger partial charge in [-0.3, -0.25) is 4.90 Å². The lowest BCUT2D eigenvalue weighted by molar-refractivity contribution is 0.139. The summed E-state index contributed by atoms with van der Waals surface area (Å²) < 4.78 is 27.7. The fourth-order valence-electron chi connectivity index (χ4n) is 4.60. The molecule has 0 bridgehead atoms. The van der Waals surface area contributed by atoms with E-state index >= 15 is 0 Å². The Labute approximate surface area is 145 Å². The molecule has 5 heteroatoms. The summed E-state index contributed by atoms with van der Waals surface area (Å²) in [7, 11) is -3.34. The topological polar surface area (TPSA) is 40.6 Å². The molecule has 1 aliphatic heterocycles. The maximum absolute atomic E-state index is 13.0. The van der Waals surface area contributed by atoms with E-state index in [4.69, 9.17) is 0 Å². The van der Waals surface area contributed by atoms with E-state index in [-0.39, 0.29) is 0 Å². The minimum absolute atomic E-state index is 0.498. The third-order valence-electron chi connectivity index (χ3n) is 6.07. The zero-order valence-electron chi connectivity index (χ0n) is 14.4. The second kappa shape index (κ2) is 6.77. The molecule has 1 saturated carbocycles.